The molecule has 3 aromatic rings. The van der Waals surface area contributed by atoms with Crippen molar-refractivity contribution in [1.82, 2.24) is 4.98 Å². The van der Waals surface area contributed by atoms with E-state index in [4.69, 9.17) is 14.1 Å². The number of fused-ring (bicyclic) bond motifs is 2. The van der Waals surface area contributed by atoms with E-state index in [2.05, 4.69) is 0 Å². The van der Waals surface area contributed by atoms with Gasteiger partial charge in [0.1, 0.15) is 5.76 Å². The fraction of sp³-hybridized carbons (Fsp3) is 0.200. The van der Waals surface area contributed by atoms with E-state index in [1.54, 1.807) is 6.26 Å². The van der Waals surface area contributed by atoms with Gasteiger partial charge in [0.15, 0.2) is 0 Å². The van der Waals surface area contributed by atoms with Gasteiger partial charge in [-0.25, -0.2) is 9.78 Å². The molecule has 120 valence electrons. The molecule has 0 saturated carbocycles. The van der Waals surface area contributed by atoms with E-state index >= 15 is 0 Å². The summed E-state index contributed by atoms with van der Waals surface area (Å²) in [5.41, 5.74) is 4.42. The second kappa shape index (κ2) is 5.96. The SMILES string of the molecule is CCOC(=O)c1c2c(nc3ccccc13)/C(=C/c1ccco1)CC2. The van der Waals surface area contributed by atoms with Crippen LogP contribution in [0.5, 0.6) is 0 Å². The summed E-state index contributed by atoms with van der Waals surface area (Å²) in [5.74, 6) is 0.525. The third-order valence-corrected chi connectivity index (χ3v) is 4.28. The molecule has 0 aliphatic heterocycles. The number of nitrogens with zero attached hydrogens (tertiary/aromatic N) is 1. The van der Waals surface area contributed by atoms with Gasteiger partial charge in [-0.15, -0.1) is 0 Å². The fourth-order valence-corrected chi connectivity index (χ4v) is 3.26. The van der Waals surface area contributed by atoms with E-state index < -0.39 is 0 Å². The minimum absolute atomic E-state index is 0.272. The van der Waals surface area contributed by atoms with Gasteiger partial charge in [-0.1, -0.05) is 18.2 Å². The van der Waals surface area contributed by atoms with Gasteiger partial charge in [0.25, 0.3) is 0 Å². The summed E-state index contributed by atoms with van der Waals surface area (Å²) >= 11 is 0. The smallest absolute Gasteiger partial charge is 0.339 e. The highest BCUT2D eigenvalue weighted by Crippen LogP contribution is 2.37. The largest absolute Gasteiger partial charge is 0.465 e. The van der Waals surface area contributed by atoms with Crippen LogP contribution in [-0.4, -0.2) is 17.6 Å². The Morgan fingerprint density at radius 1 is 1.25 bits per heavy atom. The molecular formula is C20H17NO3. The minimum atomic E-state index is -0.272. The van der Waals surface area contributed by atoms with Gasteiger partial charge in [0, 0.05) is 5.39 Å². The molecular weight excluding hydrogens is 302 g/mol. The van der Waals surface area contributed by atoms with Crippen molar-refractivity contribution in [2.24, 2.45) is 0 Å². The summed E-state index contributed by atoms with van der Waals surface area (Å²) in [5, 5.41) is 0.856. The zero-order valence-corrected chi connectivity index (χ0v) is 13.4. The predicted molar refractivity (Wildman–Crippen MR) is 92.6 cm³/mol. The van der Waals surface area contributed by atoms with Crippen LogP contribution in [0.25, 0.3) is 22.6 Å². The molecule has 0 bridgehead atoms. The first-order chi connectivity index (χ1) is 11.8. The molecule has 0 unspecified atom stereocenters. The number of benzene rings is 1. The molecule has 0 spiro atoms. The van der Waals surface area contributed by atoms with Crippen LogP contribution in [-0.2, 0) is 11.2 Å². The second-order valence-corrected chi connectivity index (χ2v) is 5.74. The summed E-state index contributed by atoms with van der Waals surface area (Å²) in [7, 11) is 0. The van der Waals surface area contributed by atoms with Crippen LogP contribution in [0.2, 0.25) is 0 Å². The van der Waals surface area contributed by atoms with Crippen LogP contribution in [0.4, 0.5) is 0 Å². The number of rotatable bonds is 3. The summed E-state index contributed by atoms with van der Waals surface area (Å²) < 4.78 is 10.7. The van der Waals surface area contributed by atoms with Crippen molar-refractivity contribution in [2.75, 3.05) is 6.61 Å². The van der Waals surface area contributed by atoms with Crippen molar-refractivity contribution in [1.29, 1.82) is 0 Å². The Morgan fingerprint density at radius 3 is 2.92 bits per heavy atom. The standard InChI is InChI=1S/C20H17NO3/c1-2-23-20(22)18-15-7-3-4-8-17(15)21-19-13(9-10-16(18)19)12-14-6-5-11-24-14/h3-8,11-12H,2,9-10H2,1H3/b13-12+. The van der Waals surface area contributed by atoms with E-state index in [9.17, 15) is 4.79 Å². The molecule has 1 aliphatic carbocycles. The number of furan rings is 1. The number of hydrogen-bond donors (Lipinski definition) is 0. The molecule has 2 heterocycles. The van der Waals surface area contributed by atoms with Gasteiger partial charge in [0.05, 0.1) is 29.6 Å². The summed E-state index contributed by atoms with van der Waals surface area (Å²) in [6.07, 6.45) is 5.28. The summed E-state index contributed by atoms with van der Waals surface area (Å²) in [6, 6.07) is 11.5. The molecule has 1 aromatic carbocycles. The van der Waals surface area contributed by atoms with Crippen LogP contribution in [0.1, 0.15) is 40.7 Å². The monoisotopic (exact) mass is 319 g/mol. The lowest BCUT2D eigenvalue weighted by Gasteiger charge is -2.11. The number of esters is 1. The average Bonchev–Trinajstić information content (AvgIpc) is 3.24. The van der Waals surface area contributed by atoms with Crippen molar-refractivity contribution >= 4 is 28.5 Å². The Balaban J connectivity index is 1.94. The Bertz CT molecular complexity index is 939. The highest BCUT2D eigenvalue weighted by Gasteiger charge is 2.27. The molecule has 2 aromatic heterocycles. The van der Waals surface area contributed by atoms with Crippen LogP contribution >= 0.6 is 0 Å². The maximum Gasteiger partial charge on any atom is 0.339 e. The number of allylic oxidation sites excluding steroid dienone is 1. The predicted octanol–water partition coefficient (Wildman–Crippen LogP) is 4.49. The van der Waals surface area contributed by atoms with Gasteiger partial charge < -0.3 is 9.15 Å². The highest BCUT2D eigenvalue weighted by molar-refractivity contribution is 6.07. The number of aromatic nitrogens is 1. The molecule has 0 fully saturated rings. The Kier molecular flexibility index (Phi) is 3.65. The average molecular weight is 319 g/mol. The maximum atomic E-state index is 12.6. The first kappa shape index (κ1) is 14.7. The first-order valence-electron chi connectivity index (χ1n) is 8.11. The molecule has 0 N–H and O–H groups in total. The number of carbonyl (C=O) groups is 1. The van der Waals surface area contributed by atoms with Crippen molar-refractivity contribution in [3.05, 3.63) is 65.2 Å². The van der Waals surface area contributed by atoms with Crippen molar-refractivity contribution < 1.29 is 13.9 Å². The molecule has 1 aliphatic rings. The van der Waals surface area contributed by atoms with Crippen molar-refractivity contribution in [3.63, 3.8) is 0 Å². The Hall–Kier alpha value is -2.88. The van der Waals surface area contributed by atoms with Crippen LogP contribution in [0.3, 0.4) is 0 Å². The molecule has 0 atom stereocenters. The minimum Gasteiger partial charge on any atom is -0.465 e. The van der Waals surface area contributed by atoms with E-state index in [0.29, 0.717) is 12.2 Å². The lowest BCUT2D eigenvalue weighted by molar-refractivity contribution is 0.0527. The molecule has 4 heteroatoms. The first-order valence-corrected chi connectivity index (χ1v) is 8.11. The zero-order valence-electron chi connectivity index (χ0n) is 13.4. The van der Waals surface area contributed by atoms with E-state index in [1.165, 1.54) is 0 Å². The molecule has 24 heavy (non-hydrogen) atoms. The maximum absolute atomic E-state index is 12.6. The van der Waals surface area contributed by atoms with Gasteiger partial charge in [-0.05, 0) is 55.2 Å². The van der Waals surface area contributed by atoms with E-state index in [1.807, 2.05) is 49.4 Å². The molecule has 4 rings (SSSR count). The van der Waals surface area contributed by atoms with Gasteiger partial charge in [-0.2, -0.15) is 0 Å². The van der Waals surface area contributed by atoms with E-state index in [0.717, 1.165) is 46.3 Å². The summed E-state index contributed by atoms with van der Waals surface area (Å²) in [4.78, 5) is 17.4. The Morgan fingerprint density at radius 2 is 2.12 bits per heavy atom. The number of ether oxygens (including phenoxy) is 1. The lowest BCUT2D eigenvalue weighted by atomic mass is 10.0. The van der Waals surface area contributed by atoms with Gasteiger partial charge in [0.2, 0.25) is 0 Å². The molecule has 0 radical (unpaired) electrons. The van der Waals surface area contributed by atoms with E-state index in [-0.39, 0.29) is 5.97 Å². The Labute approximate surface area is 139 Å². The number of pyridine rings is 1. The zero-order chi connectivity index (χ0) is 16.5. The van der Waals surface area contributed by atoms with Gasteiger partial charge in [-0.3, -0.25) is 0 Å². The third kappa shape index (κ3) is 2.40. The third-order valence-electron chi connectivity index (χ3n) is 4.28. The topological polar surface area (TPSA) is 52.3 Å². The number of carbonyl (C=O) groups excluding carboxylic acids is 1. The fourth-order valence-electron chi connectivity index (χ4n) is 3.26. The second-order valence-electron chi connectivity index (χ2n) is 5.74. The van der Waals surface area contributed by atoms with Crippen LogP contribution in [0, 0.1) is 0 Å². The van der Waals surface area contributed by atoms with Crippen LogP contribution in [0.15, 0.2) is 47.1 Å². The summed E-state index contributed by atoms with van der Waals surface area (Å²) in [6.45, 7) is 2.18. The number of hydrogen-bond acceptors (Lipinski definition) is 4. The van der Waals surface area contributed by atoms with Crippen molar-refractivity contribution in [2.45, 2.75) is 19.8 Å². The van der Waals surface area contributed by atoms with Crippen molar-refractivity contribution in [3.8, 4) is 0 Å². The molecule has 4 nitrogen and oxygen atoms in total. The van der Waals surface area contributed by atoms with Crippen LogP contribution < -0.4 is 0 Å². The van der Waals surface area contributed by atoms with Gasteiger partial charge >= 0.3 is 5.97 Å². The number of para-hydroxylation sites is 1. The quantitative estimate of drug-likeness (QED) is 0.667. The highest BCUT2D eigenvalue weighted by atomic mass is 16.5. The molecule has 0 amide bonds. The molecule has 0 saturated heterocycles. The lowest BCUT2D eigenvalue weighted by Crippen LogP contribution is -2.10. The normalized spacial score (nSPS) is 15.0.